The molecular formula is C17H12N2O5S. The van der Waals surface area contributed by atoms with Crippen LogP contribution < -0.4 is 15.7 Å². The van der Waals surface area contributed by atoms with Gasteiger partial charge in [0.25, 0.3) is 10.0 Å². The number of hydrogen-bond donors (Lipinski definition) is 1. The molecular weight excluding hydrogens is 344 g/mol. The van der Waals surface area contributed by atoms with Gasteiger partial charge in [0, 0.05) is 5.39 Å². The summed E-state index contributed by atoms with van der Waals surface area (Å²) >= 11 is 0. The number of nitrogens with one attached hydrogen (secondary N) is 1. The fourth-order valence-electron chi connectivity index (χ4n) is 2.62. The first kappa shape index (κ1) is 15.4. The van der Waals surface area contributed by atoms with E-state index in [9.17, 15) is 13.2 Å². The number of hydrogen-bond acceptors (Lipinski definition) is 6. The number of methoxy groups -OCH3 is 1. The van der Waals surface area contributed by atoms with Gasteiger partial charge in [-0.05, 0) is 36.4 Å². The Morgan fingerprint density at radius 2 is 1.92 bits per heavy atom. The molecule has 2 heterocycles. The summed E-state index contributed by atoms with van der Waals surface area (Å²) in [6.07, 6.45) is 0. The molecule has 0 bridgehead atoms. The molecule has 25 heavy (non-hydrogen) atoms. The van der Waals surface area contributed by atoms with Crippen molar-refractivity contribution in [3.63, 3.8) is 0 Å². The highest BCUT2D eigenvalue weighted by Crippen LogP contribution is 2.28. The number of amidine groups is 1. The van der Waals surface area contributed by atoms with E-state index < -0.39 is 15.6 Å². The van der Waals surface area contributed by atoms with Gasteiger partial charge in [0.1, 0.15) is 21.8 Å². The van der Waals surface area contributed by atoms with Crippen LogP contribution in [0.1, 0.15) is 5.56 Å². The van der Waals surface area contributed by atoms with E-state index in [2.05, 4.69) is 9.71 Å². The van der Waals surface area contributed by atoms with Crippen molar-refractivity contribution in [3.8, 4) is 5.75 Å². The molecule has 1 aromatic heterocycles. The van der Waals surface area contributed by atoms with Gasteiger partial charge < -0.3 is 14.5 Å². The fourth-order valence-corrected chi connectivity index (χ4v) is 3.75. The summed E-state index contributed by atoms with van der Waals surface area (Å²) in [4.78, 5) is 12.4. The van der Waals surface area contributed by atoms with Crippen LogP contribution in [0, 0.1) is 0 Å². The van der Waals surface area contributed by atoms with Crippen LogP contribution in [-0.4, -0.2) is 21.4 Å². The molecule has 1 N–H and O–H groups in total. The first-order chi connectivity index (χ1) is 12.0. The van der Waals surface area contributed by atoms with Crippen LogP contribution in [0.25, 0.3) is 11.0 Å². The van der Waals surface area contributed by atoms with Crippen LogP contribution in [0.3, 0.4) is 0 Å². The summed E-state index contributed by atoms with van der Waals surface area (Å²) in [5.41, 5.74) is 0.0733. The summed E-state index contributed by atoms with van der Waals surface area (Å²) in [6, 6.07) is 12.8. The van der Waals surface area contributed by atoms with Crippen molar-refractivity contribution in [3.05, 3.63) is 64.5 Å². The normalized spacial score (nSPS) is 15.2. The summed E-state index contributed by atoms with van der Waals surface area (Å²) in [5.74, 6) is 0.515. The summed E-state index contributed by atoms with van der Waals surface area (Å²) in [7, 11) is -2.38. The number of para-hydroxylation sites is 1. The average molecular weight is 356 g/mol. The number of nitrogens with zero attached hydrogens (tertiary/aromatic N) is 1. The average Bonchev–Trinajstić information content (AvgIpc) is 2.60. The number of anilines is 1. The molecule has 126 valence electrons. The van der Waals surface area contributed by atoms with Crippen molar-refractivity contribution in [1.82, 2.24) is 0 Å². The van der Waals surface area contributed by atoms with E-state index in [-0.39, 0.29) is 16.3 Å². The molecule has 7 nitrogen and oxygen atoms in total. The Kier molecular flexibility index (Phi) is 3.36. The molecule has 0 spiro atoms. The van der Waals surface area contributed by atoms with Gasteiger partial charge >= 0.3 is 5.63 Å². The smallest absolute Gasteiger partial charge is 0.347 e. The zero-order valence-corrected chi connectivity index (χ0v) is 13.8. The second-order valence-corrected chi connectivity index (χ2v) is 6.96. The molecule has 4 rings (SSSR count). The predicted octanol–water partition coefficient (Wildman–Crippen LogP) is 2.36. The lowest BCUT2D eigenvalue weighted by Crippen LogP contribution is -2.27. The van der Waals surface area contributed by atoms with Gasteiger partial charge in [0.05, 0.1) is 12.8 Å². The minimum atomic E-state index is -3.90. The zero-order chi connectivity index (χ0) is 17.6. The monoisotopic (exact) mass is 356 g/mol. The summed E-state index contributed by atoms with van der Waals surface area (Å²) in [5, 5.41) is 3.47. The van der Waals surface area contributed by atoms with Crippen molar-refractivity contribution >= 4 is 32.5 Å². The minimum absolute atomic E-state index is 0.0267. The van der Waals surface area contributed by atoms with E-state index in [0.717, 1.165) is 0 Å². The van der Waals surface area contributed by atoms with E-state index >= 15 is 0 Å². The van der Waals surface area contributed by atoms with Crippen molar-refractivity contribution in [2.24, 2.45) is 4.40 Å². The Balaban J connectivity index is 1.92. The third kappa shape index (κ3) is 2.56. The summed E-state index contributed by atoms with van der Waals surface area (Å²) in [6.45, 7) is 0. The fraction of sp³-hybridized carbons (Fsp3) is 0.0588. The minimum Gasteiger partial charge on any atom is -0.497 e. The molecule has 0 fully saturated rings. The van der Waals surface area contributed by atoms with Gasteiger partial charge in [-0.25, -0.2) is 4.79 Å². The van der Waals surface area contributed by atoms with Crippen LogP contribution in [0.15, 0.2) is 67.0 Å². The maximum Gasteiger partial charge on any atom is 0.347 e. The first-order valence-corrected chi connectivity index (χ1v) is 8.75. The van der Waals surface area contributed by atoms with E-state index in [1.165, 1.54) is 19.2 Å². The number of rotatable bonds is 2. The first-order valence-electron chi connectivity index (χ1n) is 7.31. The molecule has 0 amide bonds. The topological polar surface area (TPSA) is 98.0 Å². The zero-order valence-electron chi connectivity index (χ0n) is 13.0. The van der Waals surface area contributed by atoms with E-state index in [1.54, 1.807) is 36.4 Å². The maximum absolute atomic E-state index is 12.4. The van der Waals surface area contributed by atoms with Gasteiger partial charge in [-0.3, -0.25) is 0 Å². The van der Waals surface area contributed by atoms with E-state index in [1.807, 2.05) is 0 Å². The van der Waals surface area contributed by atoms with Crippen molar-refractivity contribution in [2.45, 2.75) is 4.90 Å². The Morgan fingerprint density at radius 3 is 2.72 bits per heavy atom. The Morgan fingerprint density at radius 1 is 1.12 bits per heavy atom. The molecule has 0 atom stereocenters. The Hall–Kier alpha value is -3.13. The highest BCUT2D eigenvalue weighted by molar-refractivity contribution is 7.90. The van der Waals surface area contributed by atoms with Gasteiger partial charge in [-0.15, -0.1) is 4.40 Å². The SMILES string of the molecule is COc1ccc2oc(=O)c(C3=NS(=O)(=O)c4ccccc4N3)cc2c1. The maximum atomic E-state index is 12.4. The Labute approximate surface area is 142 Å². The van der Waals surface area contributed by atoms with Crippen LogP contribution in [0.5, 0.6) is 5.75 Å². The number of benzene rings is 2. The highest BCUT2D eigenvalue weighted by atomic mass is 32.2. The predicted molar refractivity (Wildman–Crippen MR) is 92.8 cm³/mol. The molecule has 2 aromatic carbocycles. The third-order valence-electron chi connectivity index (χ3n) is 3.82. The van der Waals surface area contributed by atoms with Crippen LogP contribution in [0.4, 0.5) is 5.69 Å². The lowest BCUT2D eigenvalue weighted by molar-refractivity contribution is 0.415. The molecule has 0 unspecified atom stereocenters. The Bertz CT molecular complexity index is 1200. The van der Waals surface area contributed by atoms with Gasteiger partial charge in [0.2, 0.25) is 0 Å². The number of fused-ring (bicyclic) bond motifs is 2. The van der Waals surface area contributed by atoms with Crippen molar-refractivity contribution < 1.29 is 17.6 Å². The second kappa shape index (κ2) is 5.45. The van der Waals surface area contributed by atoms with Gasteiger partial charge in [0.15, 0.2) is 5.84 Å². The number of ether oxygens (including phenoxy) is 1. The molecule has 0 aliphatic carbocycles. The van der Waals surface area contributed by atoms with Gasteiger partial charge in [-0.2, -0.15) is 8.42 Å². The molecule has 0 saturated carbocycles. The largest absolute Gasteiger partial charge is 0.497 e. The standard InChI is InChI=1S/C17H12N2O5S/c1-23-11-6-7-14-10(8-11)9-12(17(20)24-14)16-18-13-4-2-3-5-15(13)25(21,22)19-16/h2-9H,1H3,(H,18,19). The van der Waals surface area contributed by atoms with E-state index in [4.69, 9.17) is 9.15 Å². The molecule has 1 aliphatic heterocycles. The quantitative estimate of drug-likeness (QED) is 0.708. The van der Waals surface area contributed by atoms with Crippen LogP contribution in [-0.2, 0) is 10.0 Å². The highest BCUT2D eigenvalue weighted by Gasteiger charge is 2.26. The van der Waals surface area contributed by atoms with Crippen molar-refractivity contribution in [2.75, 3.05) is 12.4 Å². The van der Waals surface area contributed by atoms with Gasteiger partial charge in [-0.1, -0.05) is 12.1 Å². The molecule has 8 heteroatoms. The molecule has 0 saturated heterocycles. The lowest BCUT2D eigenvalue weighted by Gasteiger charge is -2.17. The third-order valence-corrected chi connectivity index (χ3v) is 5.16. The van der Waals surface area contributed by atoms with E-state index in [0.29, 0.717) is 22.4 Å². The molecule has 1 aliphatic rings. The number of sulfonamides is 1. The van der Waals surface area contributed by atoms with Crippen LogP contribution in [0.2, 0.25) is 0 Å². The van der Waals surface area contributed by atoms with Crippen LogP contribution >= 0.6 is 0 Å². The lowest BCUT2D eigenvalue weighted by atomic mass is 10.1. The summed E-state index contributed by atoms with van der Waals surface area (Å²) < 4.78 is 38.9. The molecule has 3 aromatic rings. The van der Waals surface area contributed by atoms with Crippen molar-refractivity contribution in [1.29, 1.82) is 0 Å². The second-order valence-electron chi connectivity index (χ2n) is 5.39. The molecule has 0 radical (unpaired) electrons.